The minimum Gasteiger partial charge on any atom is -0.488 e. The molecule has 1 N–H and O–H groups in total. The maximum atomic E-state index is 15.0. The topological polar surface area (TPSA) is 51.5 Å². The summed E-state index contributed by atoms with van der Waals surface area (Å²) in [4.78, 5) is 12.4. The molecular weight excluding hydrogens is 389 g/mol. The Hall–Kier alpha value is -2.34. The van der Waals surface area contributed by atoms with Crippen molar-refractivity contribution in [3.8, 4) is 17.1 Å². The van der Waals surface area contributed by atoms with E-state index in [0.29, 0.717) is 16.9 Å². The van der Waals surface area contributed by atoms with Gasteiger partial charge in [-0.2, -0.15) is 0 Å². The van der Waals surface area contributed by atoms with Gasteiger partial charge in [-0.15, -0.1) is 0 Å². The Bertz CT molecular complexity index is 932. The first-order valence-corrected chi connectivity index (χ1v) is 8.61. The quantitative estimate of drug-likeness (QED) is 0.652. The zero-order valence-corrected chi connectivity index (χ0v) is 15.6. The summed E-state index contributed by atoms with van der Waals surface area (Å²) in [5.41, 5.74) is 1.14. The molecule has 0 aliphatic heterocycles. The van der Waals surface area contributed by atoms with Gasteiger partial charge in [0.2, 0.25) is 0 Å². The number of amides is 1. The minimum absolute atomic E-state index is 0.0933. The van der Waals surface area contributed by atoms with Crippen LogP contribution in [0.2, 0.25) is 0 Å². The summed E-state index contributed by atoms with van der Waals surface area (Å²) in [7, 11) is 1.50. The van der Waals surface area contributed by atoms with Crippen LogP contribution in [-0.2, 0) is 0 Å². The van der Waals surface area contributed by atoms with Gasteiger partial charge in [0.25, 0.3) is 5.91 Å². The van der Waals surface area contributed by atoms with Crippen LogP contribution in [0.4, 0.5) is 4.39 Å². The van der Waals surface area contributed by atoms with Crippen LogP contribution in [0.15, 0.2) is 45.3 Å². The van der Waals surface area contributed by atoms with E-state index < -0.39 is 11.7 Å². The van der Waals surface area contributed by atoms with Crippen LogP contribution >= 0.6 is 15.9 Å². The summed E-state index contributed by atoms with van der Waals surface area (Å²) in [6.07, 6.45) is -0.187. The van der Waals surface area contributed by atoms with E-state index in [-0.39, 0.29) is 22.8 Å². The maximum Gasteiger partial charge on any atom is 0.255 e. The lowest BCUT2D eigenvalue weighted by molar-refractivity contribution is 0.0964. The number of hydrogen-bond donors (Lipinski definition) is 1. The zero-order chi connectivity index (χ0) is 18.1. The molecule has 25 heavy (non-hydrogen) atoms. The molecule has 0 aliphatic rings. The van der Waals surface area contributed by atoms with Crippen LogP contribution in [0.3, 0.4) is 0 Å². The molecule has 6 heteroatoms. The summed E-state index contributed by atoms with van der Waals surface area (Å²) in [6.45, 7) is 3.62. The van der Waals surface area contributed by atoms with E-state index in [1.54, 1.807) is 18.2 Å². The van der Waals surface area contributed by atoms with Crippen LogP contribution in [0.5, 0.6) is 5.75 Å². The van der Waals surface area contributed by atoms with Crippen molar-refractivity contribution in [1.82, 2.24) is 5.32 Å². The Balaban J connectivity index is 2.29. The second-order valence-corrected chi connectivity index (χ2v) is 6.73. The van der Waals surface area contributed by atoms with Gasteiger partial charge in [-0.25, -0.2) is 4.39 Å². The number of nitrogens with one attached hydrogen (secondary N) is 1. The molecule has 0 unspecified atom stereocenters. The number of carbonyl (C=O) groups excluding carboxylic acids is 1. The third kappa shape index (κ3) is 3.26. The first-order valence-electron chi connectivity index (χ1n) is 7.82. The van der Waals surface area contributed by atoms with Crippen molar-refractivity contribution >= 4 is 32.8 Å². The van der Waals surface area contributed by atoms with Gasteiger partial charge in [0, 0.05) is 17.1 Å². The van der Waals surface area contributed by atoms with Gasteiger partial charge in [-0.3, -0.25) is 4.79 Å². The molecule has 1 amide bonds. The number of halogens is 2. The molecule has 0 aliphatic carbocycles. The largest absolute Gasteiger partial charge is 0.488 e. The number of fused-ring (bicyclic) bond motifs is 1. The predicted octanol–water partition coefficient (Wildman–Crippen LogP) is 5.15. The average molecular weight is 406 g/mol. The van der Waals surface area contributed by atoms with Crippen molar-refractivity contribution < 1.29 is 18.3 Å². The third-order valence-electron chi connectivity index (χ3n) is 3.68. The highest BCUT2D eigenvalue weighted by Crippen LogP contribution is 2.38. The molecule has 3 rings (SSSR count). The molecule has 0 saturated carbocycles. The van der Waals surface area contributed by atoms with E-state index in [0.717, 1.165) is 4.47 Å². The van der Waals surface area contributed by atoms with E-state index in [9.17, 15) is 4.79 Å². The lowest BCUT2D eigenvalue weighted by Gasteiger charge is -2.11. The third-order valence-corrected chi connectivity index (χ3v) is 4.21. The van der Waals surface area contributed by atoms with Gasteiger partial charge < -0.3 is 14.5 Å². The number of hydrogen-bond acceptors (Lipinski definition) is 3. The highest BCUT2D eigenvalue weighted by atomic mass is 79.9. The lowest BCUT2D eigenvalue weighted by Crippen LogP contribution is -2.18. The zero-order valence-electron chi connectivity index (χ0n) is 14.0. The molecule has 4 nitrogen and oxygen atoms in total. The summed E-state index contributed by atoms with van der Waals surface area (Å²) in [5.74, 6) is -0.604. The van der Waals surface area contributed by atoms with E-state index in [1.807, 2.05) is 26.0 Å². The fourth-order valence-corrected chi connectivity index (χ4v) is 2.89. The van der Waals surface area contributed by atoms with Crippen molar-refractivity contribution in [3.63, 3.8) is 0 Å². The number of benzene rings is 2. The highest BCUT2D eigenvalue weighted by molar-refractivity contribution is 9.10. The van der Waals surface area contributed by atoms with Crippen LogP contribution in [-0.4, -0.2) is 19.1 Å². The predicted molar refractivity (Wildman–Crippen MR) is 98.5 cm³/mol. The van der Waals surface area contributed by atoms with Crippen LogP contribution in [0, 0.1) is 5.82 Å². The van der Waals surface area contributed by atoms with Gasteiger partial charge in [-0.05, 0) is 38.1 Å². The molecule has 0 atom stereocenters. The normalized spacial score (nSPS) is 11.1. The fraction of sp³-hybridized carbons (Fsp3) is 0.211. The van der Waals surface area contributed by atoms with Gasteiger partial charge in [0.05, 0.1) is 17.1 Å². The fourth-order valence-electron chi connectivity index (χ4n) is 2.62. The molecular formula is C19H17BrFNO3. The Morgan fingerprint density at radius 2 is 1.88 bits per heavy atom. The molecule has 0 spiro atoms. The van der Waals surface area contributed by atoms with Crippen molar-refractivity contribution in [1.29, 1.82) is 0 Å². The van der Waals surface area contributed by atoms with E-state index >= 15 is 4.39 Å². The molecule has 0 fully saturated rings. The Morgan fingerprint density at radius 1 is 1.20 bits per heavy atom. The summed E-state index contributed by atoms with van der Waals surface area (Å²) in [5, 5.41) is 2.67. The minimum atomic E-state index is -0.600. The highest BCUT2D eigenvalue weighted by Gasteiger charge is 2.26. The smallest absolute Gasteiger partial charge is 0.255 e. The van der Waals surface area contributed by atoms with Crippen molar-refractivity contribution in [2.75, 3.05) is 7.05 Å². The SMILES string of the molecule is CNC(=O)c1c(-c2ccc(Br)cc2)oc2ccc(OC(C)C)c(F)c12. The van der Waals surface area contributed by atoms with Crippen molar-refractivity contribution in [2.24, 2.45) is 0 Å². The Morgan fingerprint density at radius 3 is 2.48 bits per heavy atom. The van der Waals surface area contributed by atoms with Crippen LogP contribution < -0.4 is 10.1 Å². The Kier molecular flexibility index (Phi) is 4.81. The molecule has 1 heterocycles. The molecule has 0 saturated heterocycles. The first-order chi connectivity index (χ1) is 11.9. The van der Waals surface area contributed by atoms with Gasteiger partial charge in [0.15, 0.2) is 11.6 Å². The van der Waals surface area contributed by atoms with E-state index in [2.05, 4.69) is 21.2 Å². The number of furan rings is 1. The van der Waals surface area contributed by atoms with Crippen molar-refractivity contribution in [3.05, 3.63) is 52.3 Å². The van der Waals surface area contributed by atoms with Crippen LogP contribution in [0.1, 0.15) is 24.2 Å². The summed E-state index contributed by atoms with van der Waals surface area (Å²) in [6, 6.07) is 10.4. The molecule has 3 aromatic rings. The molecule has 0 bridgehead atoms. The van der Waals surface area contributed by atoms with Gasteiger partial charge in [-0.1, -0.05) is 28.1 Å². The second-order valence-electron chi connectivity index (χ2n) is 5.81. The van der Waals surface area contributed by atoms with E-state index in [1.165, 1.54) is 13.1 Å². The first kappa shape index (κ1) is 17.5. The van der Waals surface area contributed by atoms with Crippen molar-refractivity contribution in [2.45, 2.75) is 20.0 Å². The molecule has 130 valence electrons. The van der Waals surface area contributed by atoms with Gasteiger partial charge in [0.1, 0.15) is 11.3 Å². The van der Waals surface area contributed by atoms with E-state index in [4.69, 9.17) is 9.15 Å². The maximum absolute atomic E-state index is 15.0. The lowest BCUT2D eigenvalue weighted by atomic mass is 10.0. The number of ether oxygens (including phenoxy) is 1. The molecule has 2 aromatic carbocycles. The standard InChI is InChI=1S/C19H17BrFNO3/c1-10(2)24-14-9-8-13-15(17(14)21)16(19(23)22-3)18(25-13)11-4-6-12(20)7-5-11/h4-10H,1-3H3,(H,22,23). The number of rotatable bonds is 4. The monoisotopic (exact) mass is 405 g/mol. The average Bonchev–Trinajstić information content (AvgIpc) is 2.97. The molecule has 0 radical (unpaired) electrons. The summed E-state index contributed by atoms with van der Waals surface area (Å²) < 4.78 is 27.2. The van der Waals surface area contributed by atoms with Crippen LogP contribution in [0.25, 0.3) is 22.3 Å². The number of carbonyl (C=O) groups is 1. The molecule has 1 aromatic heterocycles. The summed E-state index contributed by atoms with van der Waals surface area (Å²) >= 11 is 3.37. The van der Waals surface area contributed by atoms with Gasteiger partial charge >= 0.3 is 0 Å². The second kappa shape index (κ2) is 6.88. The Labute approximate surface area is 153 Å².